The maximum absolute atomic E-state index is 12.7. The highest BCUT2D eigenvalue weighted by Crippen LogP contribution is 2.32. The van der Waals surface area contributed by atoms with Gasteiger partial charge >= 0.3 is 0 Å². The molecule has 0 spiro atoms. The number of carbonyl (C=O) groups excluding carboxylic acids is 2. The molecule has 2 N–H and O–H groups in total. The third-order valence-corrected chi connectivity index (χ3v) is 4.89. The lowest BCUT2D eigenvalue weighted by molar-refractivity contribution is -0.119. The van der Waals surface area contributed by atoms with Crippen LogP contribution in [0.5, 0.6) is 11.5 Å². The van der Waals surface area contributed by atoms with E-state index in [2.05, 4.69) is 24.5 Å². The van der Waals surface area contributed by atoms with Gasteiger partial charge in [-0.05, 0) is 60.9 Å². The smallest absolute Gasteiger partial charge is 0.255 e. The van der Waals surface area contributed by atoms with Gasteiger partial charge < -0.3 is 20.1 Å². The van der Waals surface area contributed by atoms with Crippen molar-refractivity contribution in [2.24, 2.45) is 0 Å². The molecule has 0 unspecified atom stereocenters. The first-order valence-corrected chi connectivity index (χ1v) is 9.48. The van der Waals surface area contributed by atoms with Crippen molar-refractivity contribution >= 4 is 17.5 Å². The molecule has 0 heterocycles. The number of aryl methyl sites for hydroxylation is 2. The molecule has 2 rings (SSSR count). The minimum absolute atomic E-state index is 0.0489. The van der Waals surface area contributed by atoms with Gasteiger partial charge in [0.25, 0.3) is 5.91 Å². The summed E-state index contributed by atoms with van der Waals surface area (Å²) in [6.07, 6.45) is 0. The zero-order valence-corrected chi connectivity index (χ0v) is 18.2. The van der Waals surface area contributed by atoms with Crippen LogP contribution in [0.1, 0.15) is 47.8 Å². The second-order valence-electron chi connectivity index (χ2n) is 7.80. The van der Waals surface area contributed by atoms with Gasteiger partial charge in [0.2, 0.25) is 5.91 Å². The van der Waals surface area contributed by atoms with Gasteiger partial charge in [-0.1, -0.05) is 13.8 Å². The van der Waals surface area contributed by atoms with Crippen LogP contribution in [0, 0.1) is 13.8 Å². The normalized spacial score (nSPS) is 11.0. The van der Waals surface area contributed by atoms with Crippen molar-refractivity contribution in [3.8, 4) is 11.5 Å². The number of ether oxygens (including phenoxy) is 2. The molecule has 6 heteroatoms. The van der Waals surface area contributed by atoms with E-state index < -0.39 is 0 Å². The highest BCUT2D eigenvalue weighted by atomic mass is 16.5. The molecule has 2 aromatic carbocycles. The fraction of sp³-hybridized carbons (Fsp3) is 0.391. The Kier molecular flexibility index (Phi) is 6.90. The van der Waals surface area contributed by atoms with E-state index in [1.165, 1.54) is 14.0 Å². The Morgan fingerprint density at radius 1 is 0.966 bits per heavy atom. The average molecular weight is 399 g/mol. The van der Waals surface area contributed by atoms with E-state index in [9.17, 15) is 9.59 Å². The summed E-state index contributed by atoms with van der Waals surface area (Å²) in [6, 6.07) is 8.96. The van der Waals surface area contributed by atoms with Crippen molar-refractivity contribution in [3.63, 3.8) is 0 Å². The van der Waals surface area contributed by atoms with Crippen LogP contribution in [0.4, 0.5) is 5.69 Å². The van der Waals surface area contributed by atoms with Crippen LogP contribution in [0.3, 0.4) is 0 Å². The van der Waals surface area contributed by atoms with Crippen molar-refractivity contribution in [1.82, 2.24) is 5.32 Å². The summed E-state index contributed by atoms with van der Waals surface area (Å²) < 4.78 is 10.5. The van der Waals surface area contributed by atoms with Gasteiger partial charge in [0.15, 0.2) is 11.5 Å². The third kappa shape index (κ3) is 5.28. The molecule has 0 aliphatic carbocycles. The first kappa shape index (κ1) is 22.3. The molecular formula is C23H30N2O4. The second-order valence-corrected chi connectivity index (χ2v) is 7.80. The van der Waals surface area contributed by atoms with Gasteiger partial charge in [0, 0.05) is 30.1 Å². The van der Waals surface area contributed by atoms with Crippen LogP contribution in [-0.4, -0.2) is 32.6 Å². The number of benzene rings is 2. The van der Waals surface area contributed by atoms with E-state index in [1.807, 2.05) is 26.0 Å². The van der Waals surface area contributed by atoms with Crippen LogP contribution in [0.15, 0.2) is 30.3 Å². The molecule has 29 heavy (non-hydrogen) atoms. The summed E-state index contributed by atoms with van der Waals surface area (Å²) >= 11 is 0. The summed E-state index contributed by atoms with van der Waals surface area (Å²) in [6.45, 7) is 10.3. The van der Waals surface area contributed by atoms with Gasteiger partial charge in [-0.25, -0.2) is 0 Å². The Balaban J connectivity index is 2.27. The summed E-state index contributed by atoms with van der Waals surface area (Å²) in [4.78, 5) is 24.0. The number of nitrogens with one attached hydrogen (secondary N) is 2. The lowest BCUT2D eigenvalue weighted by Crippen LogP contribution is -2.36. The zero-order chi connectivity index (χ0) is 21.8. The van der Waals surface area contributed by atoms with Gasteiger partial charge in [-0.2, -0.15) is 0 Å². The topological polar surface area (TPSA) is 76.7 Å². The molecule has 0 saturated heterocycles. The largest absolute Gasteiger partial charge is 0.493 e. The predicted molar refractivity (Wildman–Crippen MR) is 115 cm³/mol. The summed E-state index contributed by atoms with van der Waals surface area (Å²) in [7, 11) is 3.09. The summed E-state index contributed by atoms with van der Waals surface area (Å²) in [5.74, 6) is 0.797. The molecule has 0 aromatic heterocycles. The number of hydrogen-bond acceptors (Lipinski definition) is 4. The Labute approximate surface area is 172 Å². The molecule has 0 fully saturated rings. The van der Waals surface area contributed by atoms with Gasteiger partial charge in [0.05, 0.1) is 14.2 Å². The van der Waals surface area contributed by atoms with Crippen LogP contribution in [0.2, 0.25) is 0 Å². The number of anilines is 1. The van der Waals surface area contributed by atoms with Crippen molar-refractivity contribution in [1.29, 1.82) is 0 Å². The SMILES string of the molecule is COc1ccc(C(=O)Nc2cc(C)c(C(C)(C)CNC(C)=O)c(C)c2)cc1OC. The number of carbonyl (C=O) groups is 2. The maximum atomic E-state index is 12.7. The molecule has 156 valence electrons. The average Bonchev–Trinajstić information content (AvgIpc) is 2.65. The molecule has 0 radical (unpaired) electrons. The molecular weight excluding hydrogens is 368 g/mol. The Bertz CT molecular complexity index is 896. The van der Waals surface area contributed by atoms with Crippen molar-refractivity contribution < 1.29 is 19.1 Å². The summed E-state index contributed by atoms with van der Waals surface area (Å²) in [5, 5.41) is 5.85. The van der Waals surface area contributed by atoms with Gasteiger partial charge in [-0.3, -0.25) is 9.59 Å². The van der Waals surface area contributed by atoms with E-state index in [-0.39, 0.29) is 17.2 Å². The minimum atomic E-state index is -0.230. The van der Waals surface area contributed by atoms with Crippen molar-refractivity contribution in [2.75, 3.05) is 26.1 Å². The second kappa shape index (κ2) is 8.99. The van der Waals surface area contributed by atoms with Gasteiger partial charge in [-0.15, -0.1) is 0 Å². The predicted octanol–water partition coefficient (Wildman–Crippen LogP) is 3.99. The fourth-order valence-corrected chi connectivity index (χ4v) is 3.72. The number of hydrogen-bond donors (Lipinski definition) is 2. The molecule has 2 amide bonds. The third-order valence-electron chi connectivity index (χ3n) is 4.89. The Morgan fingerprint density at radius 2 is 1.55 bits per heavy atom. The number of methoxy groups -OCH3 is 2. The molecule has 0 saturated carbocycles. The van der Waals surface area contributed by atoms with Crippen LogP contribution in [0.25, 0.3) is 0 Å². The monoisotopic (exact) mass is 398 g/mol. The molecule has 6 nitrogen and oxygen atoms in total. The lowest BCUT2D eigenvalue weighted by Gasteiger charge is -2.29. The van der Waals surface area contributed by atoms with Crippen LogP contribution < -0.4 is 20.1 Å². The minimum Gasteiger partial charge on any atom is -0.493 e. The van der Waals surface area contributed by atoms with E-state index >= 15 is 0 Å². The summed E-state index contributed by atoms with van der Waals surface area (Å²) in [5.41, 5.74) is 4.25. The lowest BCUT2D eigenvalue weighted by atomic mass is 9.79. The Morgan fingerprint density at radius 3 is 2.07 bits per heavy atom. The van der Waals surface area contributed by atoms with Crippen molar-refractivity contribution in [3.05, 3.63) is 52.6 Å². The molecule has 2 aromatic rings. The van der Waals surface area contributed by atoms with E-state index in [0.717, 1.165) is 22.4 Å². The maximum Gasteiger partial charge on any atom is 0.255 e. The van der Waals surface area contributed by atoms with E-state index in [0.29, 0.717) is 23.6 Å². The van der Waals surface area contributed by atoms with Crippen LogP contribution in [-0.2, 0) is 10.2 Å². The molecule has 0 bridgehead atoms. The highest BCUT2D eigenvalue weighted by molar-refractivity contribution is 6.04. The first-order valence-electron chi connectivity index (χ1n) is 9.48. The van der Waals surface area contributed by atoms with Gasteiger partial charge in [0.1, 0.15) is 0 Å². The first-order chi connectivity index (χ1) is 13.6. The van der Waals surface area contributed by atoms with E-state index in [4.69, 9.17) is 9.47 Å². The van der Waals surface area contributed by atoms with Crippen LogP contribution >= 0.6 is 0 Å². The quantitative estimate of drug-likeness (QED) is 0.739. The highest BCUT2D eigenvalue weighted by Gasteiger charge is 2.25. The number of rotatable bonds is 7. The standard InChI is InChI=1S/C23H30N2O4/c1-14-10-18(11-15(2)21(14)23(4,5)13-24-16(3)26)25-22(27)17-8-9-19(28-6)20(12-17)29-7/h8-12H,13H2,1-7H3,(H,24,26)(H,25,27). The Hall–Kier alpha value is -3.02. The fourth-order valence-electron chi connectivity index (χ4n) is 3.72. The number of amides is 2. The molecule has 0 aliphatic rings. The molecule has 0 aliphatic heterocycles. The molecule has 0 atom stereocenters. The zero-order valence-electron chi connectivity index (χ0n) is 18.2. The van der Waals surface area contributed by atoms with E-state index in [1.54, 1.807) is 25.3 Å². The van der Waals surface area contributed by atoms with Crippen molar-refractivity contribution in [2.45, 2.75) is 40.0 Å².